The van der Waals surface area contributed by atoms with Gasteiger partial charge in [-0.1, -0.05) is 12.8 Å². The summed E-state index contributed by atoms with van der Waals surface area (Å²) in [5.41, 5.74) is 5.07. The van der Waals surface area contributed by atoms with E-state index < -0.39 is 14.3 Å². The second-order valence-electron chi connectivity index (χ2n) is 4.53. The van der Waals surface area contributed by atoms with Crippen LogP contribution in [0.4, 0.5) is 4.39 Å². The topological polar surface area (TPSA) is 63.3 Å². The SMILES string of the molecule is NC(F)CCC1CCCC(C[P+](=O)O)C1. The Balaban J connectivity index is 2.25. The van der Waals surface area contributed by atoms with Gasteiger partial charge in [-0.25, -0.2) is 4.39 Å². The molecule has 1 fully saturated rings. The van der Waals surface area contributed by atoms with Crippen LogP contribution in [-0.4, -0.2) is 17.4 Å². The number of halogens is 1. The third-order valence-electron chi connectivity index (χ3n) is 3.16. The lowest BCUT2D eigenvalue weighted by atomic mass is 9.80. The minimum absolute atomic E-state index is 0.355. The summed E-state index contributed by atoms with van der Waals surface area (Å²) in [4.78, 5) is 8.84. The Bertz CT molecular complexity index is 214. The van der Waals surface area contributed by atoms with Crippen LogP contribution in [0.15, 0.2) is 0 Å². The molecule has 4 unspecified atom stereocenters. The largest absolute Gasteiger partial charge is 0.505 e. The maximum atomic E-state index is 12.5. The first-order valence-corrected chi connectivity index (χ1v) is 7.01. The van der Waals surface area contributed by atoms with E-state index in [1.807, 2.05) is 0 Å². The maximum Gasteiger partial charge on any atom is 0.505 e. The Kier molecular flexibility index (Phi) is 5.65. The molecule has 0 aromatic heterocycles. The van der Waals surface area contributed by atoms with Gasteiger partial charge in [0.05, 0.1) is 0 Å². The summed E-state index contributed by atoms with van der Waals surface area (Å²) >= 11 is 0. The Morgan fingerprint density at radius 1 is 1.47 bits per heavy atom. The van der Waals surface area contributed by atoms with E-state index in [2.05, 4.69) is 0 Å². The average Bonchev–Trinajstić information content (AvgIpc) is 2.14. The molecule has 0 amide bonds. The van der Waals surface area contributed by atoms with Crippen LogP contribution in [0.2, 0.25) is 0 Å². The molecule has 0 heterocycles. The van der Waals surface area contributed by atoms with Gasteiger partial charge in [0, 0.05) is 5.92 Å². The van der Waals surface area contributed by atoms with Crippen molar-refractivity contribution in [3.05, 3.63) is 0 Å². The molecule has 0 aliphatic heterocycles. The van der Waals surface area contributed by atoms with E-state index in [0.29, 0.717) is 24.4 Å². The van der Waals surface area contributed by atoms with E-state index in [4.69, 9.17) is 10.6 Å². The first-order valence-electron chi connectivity index (χ1n) is 5.61. The predicted molar refractivity (Wildman–Crippen MR) is 58.5 cm³/mol. The van der Waals surface area contributed by atoms with Crippen LogP contribution in [0.3, 0.4) is 0 Å². The summed E-state index contributed by atoms with van der Waals surface area (Å²) in [6.45, 7) is 0. The Morgan fingerprint density at radius 3 is 2.73 bits per heavy atom. The van der Waals surface area contributed by atoms with Gasteiger partial charge < -0.3 is 5.73 Å². The molecule has 1 aliphatic carbocycles. The van der Waals surface area contributed by atoms with Gasteiger partial charge in [0.15, 0.2) is 6.16 Å². The van der Waals surface area contributed by atoms with Gasteiger partial charge in [0.2, 0.25) is 0 Å². The zero-order valence-electron chi connectivity index (χ0n) is 8.94. The van der Waals surface area contributed by atoms with E-state index in [0.717, 1.165) is 32.1 Å². The summed E-state index contributed by atoms with van der Waals surface area (Å²) in [6, 6.07) is 0. The van der Waals surface area contributed by atoms with Crippen molar-refractivity contribution in [2.24, 2.45) is 17.6 Å². The second-order valence-corrected chi connectivity index (χ2v) is 5.60. The monoisotopic (exact) mass is 236 g/mol. The molecule has 1 rings (SSSR count). The molecule has 88 valence electrons. The van der Waals surface area contributed by atoms with Gasteiger partial charge in [-0.3, -0.25) is 0 Å². The van der Waals surface area contributed by atoms with E-state index in [9.17, 15) is 8.96 Å². The normalized spacial score (nSPS) is 29.9. The molecular formula is C10H20FNO2P+. The van der Waals surface area contributed by atoms with Crippen molar-refractivity contribution in [3.8, 4) is 0 Å². The molecule has 0 aromatic carbocycles. The highest BCUT2D eigenvalue weighted by Crippen LogP contribution is 2.35. The summed E-state index contributed by atoms with van der Waals surface area (Å²) in [5.74, 6) is 0.855. The molecule has 15 heavy (non-hydrogen) atoms. The molecule has 1 saturated carbocycles. The lowest BCUT2D eigenvalue weighted by molar-refractivity contribution is 0.233. The molecule has 0 bridgehead atoms. The molecule has 4 atom stereocenters. The lowest BCUT2D eigenvalue weighted by Crippen LogP contribution is -2.20. The third-order valence-corrected chi connectivity index (χ3v) is 3.99. The first-order chi connectivity index (χ1) is 7.08. The molecule has 3 nitrogen and oxygen atoms in total. The van der Waals surface area contributed by atoms with E-state index in [1.165, 1.54) is 0 Å². The average molecular weight is 236 g/mol. The molecule has 0 aromatic rings. The highest BCUT2D eigenvalue weighted by molar-refractivity contribution is 7.38. The number of rotatable bonds is 5. The van der Waals surface area contributed by atoms with Crippen LogP contribution in [0.5, 0.6) is 0 Å². The van der Waals surface area contributed by atoms with Crippen molar-refractivity contribution in [2.45, 2.75) is 44.8 Å². The van der Waals surface area contributed by atoms with Gasteiger partial charge in [-0.05, 0) is 36.2 Å². The molecule has 1 aliphatic rings. The highest BCUT2D eigenvalue weighted by atomic mass is 31.1. The van der Waals surface area contributed by atoms with Crippen LogP contribution in [0.1, 0.15) is 38.5 Å². The summed E-state index contributed by atoms with van der Waals surface area (Å²) in [7, 11) is -2.01. The Hall–Kier alpha value is -0.0500. The quantitative estimate of drug-likeness (QED) is 0.569. The van der Waals surface area contributed by atoms with Gasteiger partial charge >= 0.3 is 8.03 Å². The van der Waals surface area contributed by atoms with E-state index in [-0.39, 0.29) is 0 Å². The van der Waals surface area contributed by atoms with Gasteiger partial charge in [0.1, 0.15) is 6.30 Å². The van der Waals surface area contributed by atoms with Crippen LogP contribution in [0, 0.1) is 11.8 Å². The van der Waals surface area contributed by atoms with Crippen LogP contribution in [0.25, 0.3) is 0 Å². The minimum Gasteiger partial charge on any atom is -0.302 e. The van der Waals surface area contributed by atoms with Gasteiger partial charge in [0.25, 0.3) is 0 Å². The van der Waals surface area contributed by atoms with E-state index in [1.54, 1.807) is 0 Å². The fraction of sp³-hybridized carbons (Fsp3) is 1.00. The van der Waals surface area contributed by atoms with Crippen LogP contribution in [-0.2, 0) is 4.57 Å². The molecule has 5 heteroatoms. The number of hydrogen-bond donors (Lipinski definition) is 2. The van der Waals surface area contributed by atoms with Crippen LogP contribution >= 0.6 is 8.03 Å². The zero-order valence-corrected chi connectivity index (χ0v) is 9.83. The fourth-order valence-corrected chi connectivity index (χ4v) is 3.22. The molecule has 0 spiro atoms. The molecular weight excluding hydrogens is 216 g/mol. The molecule has 0 radical (unpaired) electrons. The summed E-state index contributed by atoms with van der Waals surface area (Å²) in [6.07, 6.45) is 4.66. The summed E-state index contributed by atoms with van der Waals surface area (Å²) < 4.78 is 23.2. The third kappa shape index (κ3) is 5.55. The molecule has 0 saturated heterocycles. The van der Waals surface area contributed by atoms with Gasteiger partial charge in [-0.15, -0.1) is 0 Å². The van der Waals surface area contributed by atoms with Crippen molar-refractivity contribution >= 4 is 8.03 Å². The number of alkyl halides is 1. The Labute approximate surface area is 91.1 Å². The van der Waals surface area contributed by atoms with Crippen molar-refractivity contribution < 1.29 is 13.8 Å². The summed E-state index contributed by atoms with van der Waals surface area (Å²) in [5, 5.41) is 0. The van der Waals surface area contributed by atoms with Crippen LogP contribution < -0.4 is 5.73 Å². The highest BCUT2D eigenvalue weighted by Gasteiger charge is 2.28. The maximum absolute atomic E-state index is 12.5. The Morgan fingerprint density at radius 2 is 2.13 bits per heavy atom. The van der Waals surface area contributed by atoms with Crippen molar-refractivity contribution in [1.29, 1.82) is 0 Å². The van der Waals surface area contributed by atoms with Crippen molar-refractivity contribution in [1.82, 2.24) is 0 Å². The molecule has 3 N–H and O–H groups in total. The zero-order chi connectivity index (χ0) is 11.3. The fourth-order valence-electron chi connectivity index (χ4n) is 2.45. The number of hydrogen-bond acceptors (Lipinski definition) is 2. The van der Waals surface area contributed by atoms with Gasteiger partial charge in [-0.2, -0.15) is 4.89 Å². The standard InChI is InChI=1S/C10H19FNO2P/c11-10(12)5-4-8-2-1-3-9(6-8)7-15(13)14/h8-10H,1-7,12H2/p+1. The number of nitrogens with two attached hydrogens (primary N) is 1. The van der Waals surface area contributed by atoms with E-state index >= 15 is 0 Å². The predicted octanol–water partition coefficient (Wildman–Crippen LogP) is 2.56. The second kappa shape index (κ2) is 6.51. The first kappa shape index (κ1) is 13.0. The minimum atomic E-state index is -2.01. The van der Waals surface area contributed by atoms with Crippen molar-refractivity contribution in [3.63, 3.8) is 0 Å². The smallest absolute Gasteiger partial charge is 0.302 e. The van der Waals surface area contributed by atoms with Crippen molar-refractivity contribution in [2.75, 3.05) is 6.16 Å². The lowest BCUT2D eigenvalue weighted by Gasteiger charge is -2.26.